The van der Waals surface area contributed by atoms with Crippen LogP contribution in [0.5, 0.6) is 5.75 Å². The summed E-state index contributed by atoms with van der Waals surface area (Å²) in [4.78, 5) is 10.7. The molecular formula is C15H14O2. The maximum atomic E-state index is 10.7. The third-order valence-electron chi connectivity index (χ3n) is 2.76. The van der Waals surface area contributed by atoms with Crippen molar-refractivity contribution in [3.8, 4) is 5.75 Å². The molecule has 0 aliphatic carbocycles. The molecule has 0 saturated carbocycles. The minimum absolute atomic E-state index is 0.0449. The van der Waals surface area contributed by atoms with E-state index in [0.29, 0.717) is 11.8 Å². The van der Waals surface area contributed by atoms with Crippen LogP contribution in [0.1, 0.15) is 21.5 Å². The molecule has 86 valence electrons. The molecule has 0 radical (unpaired) electrons. The van der Waals surface area contributed by atoms with Crippen molar-refractivity contribution in [1.82, 2.24) is 0 Å². The van der Waals surface area contributed by atoms with Gasteiger partial charge in [0.1, 0.15) is 5.75 Å². The number of aromatic hydroxyl groups is 1. The number of phenols is 1. The summed E-state index contributed by atoms with van der Waals surface area (Å²) in [6.07, 6.45) is 2.48. The molecular weight excluding hydrogens is 212 g/mol. The van der Waals surface area contributed by atoms with Crippen molar-refractivity contribution in [2.45, 2.75) is 12.8 Å². The highest BCUT2D eigenvalue weighted by molar-refractivity contribution is 5.79. The molecule has 0 spiro atoms. The third-order valence-corrected chi connectivity index (χ3v) is 2.76. The quantitative estimate of drug-likeness (QED) is 0.814. The SMILES string of the molecule is O=Cc1cc(CCc2ccccc2)ccc1O. The van der Waals surface area contributed by atoms with Crippen LogP contribution < -0.4 is 0 Å². The van der Waals surface area contributed by atoms with Gasteiger partial charge in [0.2, 0.25) is 0 Å². The van der Waals surface area contributed by atoms with E-state index in [9.17, 15) is 9.90 Å². The van der Waals surface area contributed by atoms with E-state index in [1.807, 2.05) is 24.3 Å². The topological polar surface area (TPSA) is 37.3 Å². The maximum Gasteiger partial charge on any atom is 0.153 e. The molecule has 0 aromatic heterocycles. The Bertz CT molecular complexity index is 504. The van der Waals surface area contributed by atoms with Crippen molar-refractivity contribution in [1.29, 1.82) is 0 Å². The van der Waals surface area contributed by atoms with E-state index in [1.54, 1.807) is 12.1 Å². The van der Waals surface area contributed by atoms with Crippen molar-refractivity contribution in [2.75, 3.05) is 0 Å². The first-order valence-corrected chi connectivity index (χ1v) is 5.60. The first-order chi connectivity index (χ1) is 8.29. The van der Waals surface area contributed by atoms with Crippen LogP contribution in [0.15, 0.2) is 48.5 Å². The Morgan fingerprint density at radius 3 is 2.35 bits per heavy atom. The van der Waals surface area contributed by atoms with Crippen LogP contribution in [0, 0.1) is 0 Å². The number of rotatable bonds is 4. The lowest BCUT2D eigenvalue weighted by Gasteiger charge is -2.04. The van der Waals surface area contributed by atoms with Crippen LogP contribution in [0.4, 0.5) is 0 Å². The molecule has 2 rings (SSSR count). The molecule has 2 heteroatoms. The predicted molar refractivity (Wildman–Crippen MR) is 67.3 cm³/mol. The Morgan fingerprint density at radius 2 is 1.65 bits per heavy atom. The first-order valence-electron chi connectivity index (χ1n) is 5.60. The van der Waals surface area contributed by atoms with Crippen LogP contribution in [0.3, 0.4) is 0 Å². The Kier molecular flexibility index (Phi) is 3.55. The van der Waals surface area contributed by atoms with Gasteiger partial charge in [0.25, 0.3) is 0 Å². The Labute approximate surface area is 101 Å². The molecule has 0 aliphatic heterocycles. The van der Waals surface area contributed by atoms with E-state index in [-0.39, 0.29) is 5.75 Å². The van der Waals surface area contributed by atoms with Gasteiger partial charge in [-0.1, -0.05) is 36.4 Å². The van der Waals surface area contributed by atoms with Gasteiger partial charge in [0.15, 0.2) is 6.29 Å². The number of carbonyl (C=O) groups excluding carboxylic acids is 1. The normalized spacial score (nSPS) is 10.1. The second-order valence-electron chi connectivity index (χ2n) is 4.00. The summed E-state index contributed by atoms with van der Waals surface area (Å²) in [5.74, 6) is 0.0449. The van der Waals surface area contributed by atoms with Gasteiger partial charge in [-0.05, 0) is 36.1 Å². The van der Waals surface area contributed by atoms with E-state index >= 15 is 0 Å². The van der Waals surface area contributed by atoms with E-state index in [0.717, 1.165) is 18.4 Å². The molecule has 1 N–H and O–H groups in total. The molecule has 0 fully saturated rings. The minimum atomic E-state index is 0.0449. The van der Waals surface area contributed by atoms with E-state index < -0.39 is 0 Å². The third kappa shape index (κ3) is 2.94. The fraction of sp³-hybridized carbons (Fsp3) is 0.133. The van der Waals surface area contributed by atoms with Crippen molar-refractivity contribution < 1.29 is 9.90 Å². The molecule has 17 heavy (non-hydrogen) atoms. The molecule has 0 bridgehead atoms. The highest BCUT2D eigenvalue weighted by Gasteiger charge is 2.02. The largest absolute Gasteiger partial charge is 0.507 e. The standard InChI is InChI=1S/C15H14O2/c16-11-14-10-13(8-9-15(14)17)7-6-12-4-2-1-3-5-12/h1-5,8-11,17H,6-7H2. The maximum absolute atomic E-state index is 10.7. The number of hydrogen-bond acceptors (Lipinski definition) is 2. The molecule has 0 unspecified atom stereocenters. The van der Waals surface area contributed by atoms with Gasteiger partial charge in [-0.2, -0.15) is 0 Å². The van der Waals surface area contributed by atoms with Gasteiger partial charge >= 0.3 is 0 Å². The minimum Gasteiger partial charge on any atom is -0.507 e. The van der Waals surface area contributed by atoms with Gasteiger partial charge in [-0.3, -0.25) is 4.79 Å². The van der Waals surface area contributed by atoms with E-state index in [4.69, 9.17) is 0 Å². The number of phenolic OH excluding ortho intramolecular Hbond substituents is 1. The zero-order chi connectivity index (χ0) is 12.1. The van der Waals surface area contributed by atoms with Crippen LogP contribution in [-0.4, -0.2) is 11.4 Å². The Hall–Kier alpha value is -2.09. The molecule has 0 amide bonds. The summed E-state index contributed by atoms with van der Waals surface area (Å²) >= 11 is 0. The summed E-state index contributed by atoms with van der Waals surface area (Å²) in [7, 11) is 0. The van der Waals surface area contributed by atoms with Crippen molar-refractivity contribution in [2.24, 2.45) is 0 Å². The van der Waals surface area contributed by atoms with Gasteiger partial charge in [0, 0.05) is 0 Å². The smallest absolute Gasteiger partial charge is 0.153 e. The molecule has 2 nitrogen and oxygen atoms in total. The van der Waals surface area contributed by atoms with Crippen molar-refractivity contribution in [3.05, 3.63) is 65.2 Å². The lowest BCUT2D eigenvalue weighted by Crippen LogP contribution is -1.92. The Balaban J connectivity index is 2.07. The van der Waals surface area contributed by atoms with Crippen LogP contribution in [0.2, 0.25) is 0 Å². The molecule has 0 atom stereocenters. The van der Waals surface area contributed by atoms with Gasteiger partial charge < -0.3 is 5.11 Å². The molecule has 0 aliphatic rings. The van der Waals surface area contributed by atoms with Crippen LogP contribution in [0.25, 0.3) is 0 Å². The number of benzene rings is 2. The summed E-state index contributed by atoms with van der Waals surface area (Å²) in [5.41, 5.74) is 2.69. The zero-order valence-electron chi connectivity index (χ0n) is 9.47. The average molecular weight is 226 g/mol. The highest BCUT2D eigenvalue weighted by Crippen LogP contribution is 2.17. The fourth-order valence-corrected chi connectivity index (χ4v) is 1.79. The summed E-state index contributed by atoms with van der Waals surface area (Å²) in [5, 5.41) is 9.39. The number of aryl methyl sites for hydroxylation is 2. The monoisotopic (exact) mass is 226 g/mol. The van der Waals surface area contributed by atoms with E-state index in [2.05, 4.69) is 12.1 Å². The number of carbonyl (C=O) groups is 1. The molecule has 2 aromatic rings. The molecule has 2 aromatic carbocycles. The van der Waals surface area contributed by atoms with Gasteiger partial charge in [-0.25, -0.2) is 0 Å². The van der Waals surface area contributed by atoms with Crippen LogP contribution in [-0.2, 0) is 12.8 Å². The zero-order valence-corrected chi connectivity index (χ0v) is 9.47. The second-order valence-corrected chi connectivity index (χ2v) is 4.00. The number of aldehydes is 1. The predicted octanol–water partition coefficient (Wildman–Crippen LogP) is 2.99. The fourth-order valence-electron chi connectivity index (χ4n) is 1.79. The number of hydrogen-bond donors (Lipinski definition) is 1. The summed E-state index contributed by atoms with van der Waals surface area (Å²) in [6.45, 7) is 0. The Morgan fingerprint density at radius 1 is 0.941 bits per heavy atom. The lowest BCUT2D eigenvalue weighted by molar-refractivity contribution is 0.112. The molecule has 0 saturated heterocycles. The molecule has 0 heterocycles. The lowest BCUT2D eigenvalue weighted by atomic mass is 10.0. The van der Waals surface area contributed by atoms with Crippen molar-refractivity contribution in [3.63, 3.8) is 0 Å². The summed E-state index contributed by atoms with van der Waals surface area (Å²) < 4.78 is 0. The van der Waals surface area contributed by atoms with Gasteiger partial charge in [0.05, 0.1) is 5.56 Å². The average Bonchev–Trinajstić information content (AvgIpc) is 2.39. The van der Waals surface area contributed by atoms with Crippen molar-refractivity contribution >= 4 is 6.29 Å². The first kappa shape index (κ1) is 11.4. The van der Waals surface area contributed by atoms with Gasteiger partial charge in [-0.15, -0.1) is 0 Å². The van der Waals surface area contributed by atoms with Crippen LogP contribution >= 0.6 is 0 Å². The summed E-state index contributed by atoms with van der Waals surface area (Å²) in [6, 6.07) is 15.4. The van der Waals surface area contributed by atoms with E-state index in [1.165, 1.54) is 5.56 Å². The second kappa shape index (κ2) is 5.30. The highest BCUT2D eigenvalue weighted by atomic mass is 16.3.